The highest BCUT2D eigenvalue weighted by atomic mass is 16.5. The molecule has 1 atom stereocenters. The minimum Gasteiger partial charge on any atom is -0.453 e. The molecule has 1 heterocycles. The van der Waals surface area contributed by atoms with Crippen LogP contribution in [0.5, 0.6) is 0 Å². The lowest BCUT2D eigenvalue weighted by Crippen LogP contribution is -2.44. The number of hydrogen-bond acceptors (Lipinski definition) is 4. The summed E-state index contributed by atoms with van der Waals surface area (Å²) < 4.78 is 4.62. The Morgan fingerprint density at radius 3 is 2.53 bits per heavy atom. The van der Waals surface area contributed by atoms with E-state index in [-0.39, 0.29) is 24.5 Å². The third-order valence-corrected chi connectivity index (χ3v) is 2.87. The van der Waals surface area contributed by atoms with Crippen LogP contribution < -0.4 is 5.32 Å². The zero-order valence-electron chi connectivity index (χ0n) is 10.3. The van der Waals surface area contributed by atoms with Gasteiger partial charge < -0.3 is 20.1 Å². The monoisotopic (exact) mass is 244 g/mol. The molecule has 0 unspecified atom stereocenters. The summed E-state index contributed by atoms with van der Waals surface area (Å²) in [6.07, 6.45) is 0.406. The van der Waals surface area contributed by atoms with E-state index in [4.69, 9.17) is 5.11 Å². The third-order valence-electron chi connectivity index (χ3n) is 2.87. The van der Waals surface area contributed by atoms with Crippen LogP contribution in [0, 0.1) is 5.92 Å². The number of methoxy groups -OCH3 is 1. The molecule has 0 aromatic heterocycles. The predicted molar refractivity (Wildman–Crippen MR) is 61.4 cm³/mol. The number of nitrogens with one attached hydrogen (secondary N) is 1. The fraction of sp³-hybridized carbons (Fsp3) is 0.818. The molecule has 6 nitrogen and oxygen atoms in total. The van der Waals surface area contributed by atoms with Crippen molar-refractivity contribution in [1.82, 2.24) is 10.2 Å². The molecule has 1 fully saturated rings. The molecule has 0 radical (unpaired) electrons. The van der Waals surface area contributed by atoms with E-state index < -0.39 is 6.10 Å². The van der Waals surface area contributed by atoms with E-state index in [0.29, 0.717) is 25.9 Å². The van der Waals surface area contributed by atoms with Crippen LogP contribution in [-0.4, -0.2) is 54.9 Å². The van der Waals surface area contributed by atoms with Gasteiger partial charge in [-0.1, -0.05) is 0 Å². The Morgan fingerprint density at radius 2 is 2.06 bits per heavy atom. The second-order valence-corrected chi connectivity index (χ2v) is 4.33. The minimum atomic E-state index is -0.533. The molecule has 98 valence electrons. The van der Waals surface area contributed by atoms with Crippen LogP contribution in [0.4, 0.5) is 4.79 Å². The number of aliphatic hydroxyl groups is 1. The lowest BCUT2D eigenvalue weighted by Gasteiger charge is -2.30. The SMILES string of the molecule is COC(=O)N1CCC(C(=O)NC[C@H](C)O)CC1. The lowest BCUT2D eigenvalue weighted by atomic mass is 9.96. The van der Waals surface area contributed by atoms with Crippen molar-refractivity contribution in [2.24, 2.45) is 5.92 Å². The summed E-state index contributed by atoms with van der Waals surface area (Å²) in [4.78, 5) is 24.5. The average Bonchev–Trinajstić information content (AvgIpc) is 2.35. The van der Waals surface area contributed by atoms with Crippen molar-refractivity contribution in [2.75, 3.05) is 26.7 Å². The van der Waals surface area contributed by atoms with Crippen LogP contribution in [0.25, 0.3) is 0 Å². The first-order valence-electron chi connectivity index (χ1n) is 5.83. The minimum absolute atomic E-state index is 0.0459. The molecule has 0 bridgehead atoms. The van der Waals surface area contributed by atoms with E-state index in [0.717, 1.165) is 0 Å². The van der Waals surface area contributed by atoms with Crippen molar-refractivity contribution in [3.05, 3.63) is 0 Å². The van der Waals surface area contributed by atoms with Crippen molar-refractivity contribution >= 4 is 12.0 Å². The molecule has 0 spiro atoms. The highest BCUT2D eigenvalue weighted by molar-refractivity contribution is 5.79. The Kier molecular flexibility index (Phi) is 5.21. The van der Waals surface area contributed by atoms with Gasteiger partial charge in [-0.25, -0.2) is 4.79 Å². The molecule has 1 aliphatic heterocycles. The lowest BCUT2D eigenvalue weighted by molar-refractivity contribution is -0.126. The van der Waals surface area contributed by atoms with Gasteiger partial charge in [0, 0.05) is 25.6 Å². The number of carbonyl (C=O) groups excluding carboxylic acids is 2. The molecule has 1 aliphatic rings. The smallest absolute Gasteiger partial charge is 0.409 e. The number of amides is 2. The van der Waals surface area contributed by atoms with E-state index in [9.17, 15) is 9.59 Å². The zero-order chi connectivity index (χ0) is 12.8. The van der Waals surface area contributed by atoms with Crippen molar-refractivity contribution in [3.8, 4) is 0 Å². The maximum atomic E-state index is 11.7. The Hall–Kier alpha value is -1.30. The van der Waals surface area contributed by atoms with E-state index >= 15 is 0 Å². The predicted octanol–water partition coefficient (Wildman–Crippen LogP) is -0.0382. The number of carbonyl (C=O) groups is 2. The topological polar surface area (TPSA) is 78.9 Å². The number of likely N-dealkylation sites (tertiary alicyclic amines) is 1. The van der Waals surface area contributed by atoms with Gasteiger partial charge >= 0.3 is 6.09 Å². The van der Waals surface area contributed by atoms with Gasteiger partial charge in [-0.3, -0.25) is 4.79 Å². The highest BCUT2D eigenvalue weighted by Gasteiger charge is 2.27. The maximum Gasteiger partial charge on any atom is 0.409 e. The van der Waals surface area contributed by atoms with Crippen molar-refractivity contribution in [2.45, 2.75) is 25.9 Å². The molecule has 2 N–H and O–H groups in total. The van der Waals surface area contributed by atoms with E-state index in [1.54, 1.807) is 11.8 Å². The molecule has 0 aliphatic carbocycles. The van der Waals surface area contributed by atoms with Gasteiger partial charge in [0.15, 0.2) is 0 Å². The first kappa shape index (κ1) is 13.8. The summed E-state index contributed by atoms with van der Waals surface area (Å²) in [6, 6.07) is 0. The number of rotatable bonds is 3. The van der Waals surface area contributed by atoms with Gasteiger partial charge in [0.1, 0.15) is 0 Å². The van der Waals surface area contributed by atoms with Gasteiger partial charge in [-0.05, 0) is 19.8 Å². The van der Waals surface area contributed by atoms with Crippen LogP contribution in [0.2, 0.25) is 0 Å². The fourth-order valence-electron chi connectivity index (χ4n) is 1.85. The molecule has 0 aromatic rings. The number of aliphatic hydroxyl groups excluding tert-OH is 1. The highest BCUT2D eigenvalue weighted by Crippen LogP contribution is 2.17. The second kappa shape index (κ2) is 6.44. The summed E-state index contributed by atoms with van der Waals surface area (Å²) in [5.74, 6) is -0.120. The van der Waals surface area contributed by atoms with Gasteiger partial charge in [0.25, 0.3) is 0 Å². The molecular weight excluding hydrogens is 224 g/mol. The Balaban J connectivity index is 2.31. The van der Waals surface area contributed by atoms with Crippen molar-refractivity contribution in [1.29, 1.82) is 0 Å². The van der Waals surface area contributed by atoms with Crippen LogP contribution in [0.15, 0.2) is 0 Å². The first-order valence-corrected chi connectivity index (χ1v) is 5.83. The summed E-state index contributed by atoms with van der Waals surface area (Å²) in [5.41, 5.74) is 0. The molecule has 0 aromatic carbocycles. The molecular formula is C11H20N2O4. The van der Waals surface area contributed by atoms with Crippen molar-refractivity contribution in [3.63, 3.8) is 0 Å². The summed E-state index contributed by atoms with van der Waals surface area (Å²) in [7, 11) is 1.35. The normalized spacial score (nSPS) is 18.6. The standard InChI is InChI=1S/C11H20N2O4/c1-8(14)7-12-10(15)9-3-5-13(6-4-9)11(16)17-2/h8-9,14H,3-7H2,1-2H3,(H,12,15)/t8-/m0/s1. The van der Waals surface area contributed by atoms with E-state index in [2.05, 4.69) is 10.1 Å². The molecule has 1 rings (SSSR count). The molecule has 2 amide bonds. The quantitative estimate of drug-likeness (QED) is 0.730. The Bertz CT molecular complexity index is 273. The van der Waals surface area contributed by atoms with E-state index in [1.165, 1.54) is 7.11 Å². The summed E-state index contributed by atoms with van der Waals surface area (Å²) in [6.45, 7) is 2.98. The zero-order valence-corrected chi connectivity index (χ0v) is 10.3. The fourth-order valence-corrected chi connectivity index (χ4v) is 1.85. The molecule has 6 heteroatoms. The number of piperidine rings is 1. The Labute approximate surface area is 101 Å². The van der Waals surface area contributed by atoms with Crippen LogP contribution in [0.3, 0.4) is 0 Å². The summed E-state index contributed by atoms with van der Waals surface area (Å²) >= 11 is 0. The first-order chi connectivity index (χ1) is 8.04. The van der Waals surface area contributed by atoms with Gasteiger partial charge in [-0.2, -0.15) is 0 Å². The largest absolute Gasteiger partial charge is 0.453 e. The van der Waals surface area contributed by atoms with Gasteiger partial charge in [0.2, 0.25) is 5.91 Å². The molecule has 0 saturated carbocycles. The van der Waals surface area contributed by atoms with Crippen molar-refractivity contribution < 1.29 is 19.4 Å². The number of nitrogens with zero attached hydrogens (tertiary/aromatic N) is 1. The second-order valence-electron chi connectivity index (χ2n) is 4.33. The van der Waals surface area contributed by atoms with E-state index in [1.807, 2.05) is 0 Å². The van der Waals surface area contributed by atoms with Gasteiger partial charge in [0.05, 0.1) is 13.2 Å². The van der Waals surface area contributed by atoms with Crippen LogP contribution in [0.1, 0.15) is 19.8 Å². The molecule has 1 saturated heterocycles. The van der Waals surface area contributed by atoms with Crippen LogP contribution in [-0.2, 0) is 9.53 Å². The van der Waals surface area contributed by atoms with Crippen LogP contribution >= 0.6 is 0 Å². The number of hydrogen-bond donors (Lipinski definition) is 2. The number of ether oxygens (including phenoxy) is 1. The Morgan fingerprint density at radius 1 is 1.47 bits per heavy atom. The molecule has 17 heavy (non-hydrogen) atoms. The third kappa shape index (κ3) is 4.22. The maximum absolute atomic E-state index is 11.7. The summed E-state index contributed by atoms with van der Waals surface area (Å²) in [5, 5.41) is 11.7. The van der Waals surface area contributed by atoms with Gasteiger partial charge in [-0.15, -0.1) is 0 Å². The average molecular weight is 244 g/mol.